The van der Waals surface area contributed by atoms with Crippen molar-refractivity contribution in [2.75, 3.05) is 6.54 Å². The topological polar surface area (TPSA) is 41.9 Å². The van der Waals surface area contributed by atoms with Gasteiger partial charge in [-0.1, -0.05) is 19.3 Å². The molecule has 0 atom stereocenters. The Morgan fingerprint density at radius 1 is 1.16 bits per heavy atom. The largest absolute Gasteiger partial charge is 0.294 e. The van der Waals surface area contributed by atoms with E-state index in [1.165, 1.54) is 43.4 Å². The van der Waals surface area contributed by atoms with Crippen molar-refractivity contribution in [1.29, 1.82) is 0 Å². The maximum absolute atomic E-state index is 13.3. The molecule has 2 aromatic rings. The van der Waals surface area contributed by atoms with E-state index in [0.29, 0.717) is 11.5 Å². The van der Waals surface area contributed by atoms with Gasteiger partial charge in [-0.3, -0.25) is 4.90 Å². The lowest BCUT2D eigenvalue weighted by molar-refractivity contribution is 0.241. The molecule has 0 aromatic carbocycles. The van der Waals surface area contributed by atoms with Crippen molar-refractivity contribution in [2.45, 2.75) is 64.5 Å². The Hall–Kier alpha value is -1.88. The highest BCUT2D eigenvalue weighted by atomic mass is 19.1. The van der Waals surface area contributed by atoms with Crippen LogP contribution in [0.5, 0.6) is 0 Å². The molecule has 1 fully saturated rings. The SMILES string of the molecule is Cc1cc(CN2CCc3nc(C4CCCCC4)ncc3C2)cnc1F. The average molecular weight is 340 g/mol. The lowest BCUT2D eigenvalue weighted by Gasteiger charge is -2.29. The molecule has 0 radical (unpaired) electrons. The van der Waals surface area contributed by atoms with E-state index in [0.717, 1.165) is 37.4 Å². The van der Waals surface area contributed by atoms with Crippen molar-refractivity contribution in [3.8, 4) is 0 Å². The van der Waals surface area contributed by atoms with Crippen molar-refractivity contribution in [2.24, 2.45) is 0 Å². The number of pyridine rings is 1. The van der Waals surface area contributed by atoms with Gasteiger partial charge in [0.1, 0.15) is 5.82 Å². The highest BCUT2D eigenvalue weighted by Crippen LogP contribution is 2.31. The van der Waals surface area contributed by atoms with Crippen molar-refractivity contribution in [3.05, 3.63) is 52.6 Å². The smallest absolute Gasteiger partial charge is 0.215 e. The predicted octanol–water partition coefficient (Wildman–Crippen LogP) is 3.93. The minimum absolute atomic E-state index is 0.378. The molecule has 1 aliphatic heterocycles. The van der Waals surface area contributed by atoms with Gasteiger partial charge in [-0.15, -0.1) is 0 Å². The summed E-state index contributed by atoms with van der Waals surface area (Å²) in [5.41, 5.74) is 4.12. The molecule has 0 spiro atoms. The van der Waals surface area contributed by atoms with Crippen LogP contribution in [0.25, 0.3) is 0 Å². The summed E-state index contributed by atoms with van der Waals surface area (Å²) in [5, 5.41) is 0. The Labute approximate surface area is 148 Å². The monoisotopic (exact) mass is 340 g/mol. The van der Waals surface area contributed by atoms with Gasteiger partial charge >= 0.3 is 0 Å². The van der Waals surface area contributed by atoms with Crippen LogP contribution in [0.3, 0.4) is 0 Å². The molecule has 25 heavy (non-hydrogen) atoms. The molecule has 4 nitrogen and oxygen atoms in total. The molecule has 0 bridgehead atoms. The average Bonchev–Trinajstić information content (AvgIpc) is 2.65. The van der Waals surface area contributed by atoms with Gasteiger partial charge in [0.2, 0.25) is 5.95 Å². The molecule has 2 aliphatic rings. The summed E-state index contributed by atoms with van der Waals surface area (Å²) in [6, 6.07) is 1.89. The van der Waals surface area contributed by atoms with Crippen LogP contribution in [0, 0.1) is 12.9 Å². The van der Waals surface area contributed by atoms with Gasteiger partial charge in [0.25, 0.3) is 0 Å². The fourth-order valence-electron chi connectivity index (χ4n) is 4.04. The number of hydrogen-bond donors (Lipinski definition) is 0. The van der Waals surface area contributed by atoms with Crippen LogP contribution in [0.1, 0.15) is 66.2 Å². The highest BCUT2D eigenvalue weighted by molar-refractivity contribution is 5.23. The van der Waals surface area contributed by atoms with E-state index in [1.54, 1.807) is 13.1 Å². The first kappa shape index (κ1) is 16.6. The summed E-state index contributed by atoms with van der Waals surface area (Å²) in [4.78, 5) is 15.8. The second-order valence-electron chi connectivity index (χ2n) is 7.45. The number of fused-ring (bicyclic) bond motifs is 1. The predicted molar refractivity (Wildman–Crippen MR) is 94.6 cm³/mol. The second-order valence-corrected chi connectivity index (χ2v) is 7.45. The Kier molecular flexibility index (Phi) is 4.75. The van der Waals surface area contributed by atoms with Crippen molar-refractivity contribution < 1.29 is 4.39 Å². The van der Waals surface area contributed by atoms with Crippen LogP contribution in [0.15, 0.2) is 18.5 Å². The minimum atomic E-state index is -0.378. The lowest BCUT2D eigenvalue weighted by atomic mass is 9.88. The number of halogens is 1. The second kappa shape index (κ2) is 7.16. The summed E-state index contributed by atoms with van der Waals surface area (Å²) < 4.78 is 13.3. The first-order chi connectivity index (χ1) is 12.2. The van der Waals surface area contributed by atoms with Gasteiger partial charge in [-0.25, -0.2) is 15.0 Å². The third-order valence-corrected chi connectivity index (χ3v) is 5.48. The third kappa shape index (κ3) is 3.71. The maximum atomic E-state index is 13.3. The number of nitrogens with zero attached hydrogens (tertiary/aromatic N) is 4. The molecule has 0 unspecified atom stereocenters. The van der Waals surface area contributed by atoms with Gasteiger partial charge in [-0.2, -0.15) is 4.39 Å². The van der Waals surface area contributed by atoms with Gasteiger partial charge in [-0.05, 0) is 31.4 Å². The van der Waals surface area contributed by atoms with Crippen LogP contribution in [-0.4, -0.2) is 26.4 Å². The van der Waals surface area contributed by atoms with Crippen LogP contribution >= 0.6 is 0 Å². The van der Waals surface area contributed by atoms with Gasteiger partial charge in [0.05, 0.1) is 0 Å². The molecule has 5 heteroatoms. The number of aryl methyl sites for hydroxylation is 1. The molecular weight excluding hydrogens is 315 g/mol. The van der Waals surface area contributed by atoms with E-state index in [9.17, 15) is 4.39 Å². The van der Waals surface area contributed by atoms with Gasteiger partial charge < -0.3 is 0 Å². The first-order valence-corrected chi connectivity index (χ1v) is 9.37. The fraction of sp³-hybridized carbons (Fsp3) is 0.550. The van der Waals surface area contributed by atoms with Crippen LogP contribution in [-0.2, 0) is 19.5 Å². The molecule has 1 saturated carbocycles. The molecule has 132 valence electrons. The Balaban J connectivity index is 1.45. The summed E-state index contributed by atoms with van der Waals surface area (Å²) in [6.45, 7) is 4.39. The third-order valence-electron chi connectivity index (χ3n) is 5.48. The Bertz CT molecular complexity index is 755. The van der Waals surface area contributed by atoms with Gasteiger partial charge in [0, 0.05) is 61.2 Å². The zero-order valence-corrected chi connectivity index (χ0v) is 14.8. The number of hydrogen-bond acceptors (Lipinski definition) is 4. The van der Waals surface area contributed by atoms with Crippen molar-refractivity contribution in [1.82, 2.24) is 19.9 Å². The van der Waals surface area contributed by atoms with E-state index in [-0.39, 0.29) is 5.95 Å². The molecule has 4 rings (SSSR count). The van der Waals surface area contributed by atoms with E-state index in [4.69, 9.17) is 4.98 Å². The summed E-state index contributed by atoms with van der Waals surface area (Å²) in [6.07, 6.45) is 11.1. The standard InChI is InChI=1S/C20H25FN4/c1-14-9-15(10-22-19(14)21)12-25-8-7-18-17(13-25)11-23-20(24-18)16-5-3-2-4-6-16/h9-11,16H,2-8,12-13H2,1H3. The fourth-order valence-corrected chi connectivity index (χ4v) is 4.04. The van der Waals surface area contributed by atoms with Crippen LogP contribution in [0.2, 0.25) is 0 Å². The summed E-state index contributed by atoms with van der Waals surface area (Å²) in [7, 11) is 0. The maximum Gasteiger partial charge on any atom is 0.215 e. The first-order valence-electron chi connectivity index (χ1n) is 9.37. The van der Waals surface area contributed by atoms with E-state index in [1.807, 2.05) is 12.3 Å². The highest BCUT2D eigenvalue weighted by Gasteiger charge is 2.22. The van der Waals surface area contributed by atoms with Crippen molar-refractivity contribution in [3.63, 3.8) is 0 Å². The Morgan fingerprint density at radius 2 is 2.00 bits per heavy atom. The van der Waals surface area contributed by atoms with Crippen molar-refractivity contribution >= 4 is 0 Å². The molecule has 1 aliphatic carbocycles. The minimum Gasteiger partial charge on any atom is -0.294 e. The molecular formula is C20H25FN4. The lowest BCUT2D eigenvalue weighted by Crippen LogP contribution is -2.31. The van der Waals surface area contributed by atoms with Gasteiger partial charge in [0.15, 0.2) is 0 Å². The summed E-state index contributed by atoms with van der Waals surface area (Å²) in [5.74, 6) is 1.24. The van der Waals surface area contributed by atoms with Crippen LogP contribution < -0.4 is 0 Å². The molecule has 0 amide bonds. The Morgan fingerprint density at radius 3 is 2.80 bits per heavy atom. The quantitative estimate of drug-likeness (QED) is 0.794. The number of aromatic nitrogens is 3. The molecule has 0 saturated heterocycles. The molecule has 3 heterocycles. The normalized spacial score (nSPS) is 19.0. The van der Waals surface area contributed by atoms with E-state index < -0.39 is 0 Å². The summed E-state index contributed by atoms with van der Waals surface area (Å²) >= 11 is 0. The van der Waals surface area contributed by atoms with E-state index >= 15 is 0 Å². The van der Waals surface area contributed by atoms with Crippen LogP contribution in [0.4, 0.5) is 4.39 Å². The molecule has 0 N–H and O–H groups in total. The zero-order valence-electron chi connectivity index (χ0n) is 14.8. The van der Waals surface area contributed by atoms with E-state index in [2.05, 4.69) is 14.9 Å². The zero-order chi connectivity index (χ0) is 17.2. The molecule has 2 aromatic heterocycles. The number of rotatable bonds is 3.